The first kappa shape index (κ1) is 21.7. The maximum atomic E-state index is 13.9. The Hall–Kier alpha value is -3.17. The van der Waals surface area contributed by atoms with Gasteiger partial charge < -0.3 is 10.3 Å². The molecule has 1 saturated carbocycles. The molecule has 1 aliphatic carbocycles. The first-order chi connectivity index (χ1) is 16.1. The Bertz CT molecular complexity index is 1200. The van der Waals surface area contributed by atoms with Gasteiger partial charge in [-0.25, -0.2) is 4.39 Å². The van der Waals surface area contributed by atoms with Crippen molar-refractivity contribution in [3.8, 4) is 6.07 Å². The van der Waals surface area contributed by atoms with E-state index in [1.165, 1.54) is 23.6 Å². The Balaban J connectivity index is 1.08. The van der Waals surface area contributed by atoms with Gasteiger partial charge in [-0.1, -0.05) is 18.2 Å². The quantitative estimate of drug-likeness (QED) is 0.587. The Kier molecular flexibility index (Phi) is 6.15. The molecule has 0 spiro atoms. The Morgan fingerprint density at radius 2 is 2.00 bits per heavy atom. The topological polar surface area (TPSA) is 71.9 Å². The van der Waals surface area contributed by atoms with E-state index in [4.69, 9.17) is 5.26 Å². The zero-order chi connectivity index (χ0) is 22.8. The SMILES string of the molecule is N#Cc1ccc2c(c1)CN(CCC1CCC(NC(=O)c3cc4cccc(F)c4[nH]3)CC1)CC2. The van der Waals surface area contributed by atoms with Crippen LogP contribution in [-0.4, -0.2) is 34.9 Å². The molecule has 0 atom stereocenters. The molecule has 2 heterocycles. The molecule has 2 aromatic carbocycles. The van der Waals surface area contributed by atoms with Gasteiger partial charge in [0.15, 0.2) is 0 Å². The van der Waals surface area contributed by atoms with Gasteiger partial charge in [0.2, 0.25) is 0 Å². The first-order valence-corrected chi connectivity index (χ1v) is 11.9. The van der Waals surface area contributed by atoms with Crippen molar-refractivity contribution in [3.05, 3.63) is 70.7 Å². The Morgan fingerprint density at radius 1 is 1.15 bits per heavy atom. The second-order valence-electron chi connectivity index (χ2n) is 9.49. The molecule has 0 bridgehead atoms. The van der Waals surface area contributed by atoms with Gasteiger partial charge in [-0.05, 0) is 86.4 Å². The van der Waals surface area contributed by atoms with Crippen LogP contribution in [0.4, 0.5) is 4.39 Å². The summed E-state index contributed by atoms with van der Waals surface area (Å²) in [7, 11) is 0. The fourth-order valence-electron chi connectivity index (χ4n) is 5.34. The van der Waals surface area contributed by atoms with Gasteiger partial charge in [0, 0.05) is 24.5 Å². The van der Waals surface area contributed by atoms with Crippen molar-refractivity contribution in [2.24, 2.45) is 5.92 Å². The number of carbonyl (C=O) groups is 1. The number of aromatic nitrogens is 1. The summed E-state index contributed by atoms with van der Waals surface area (Å²) in [6.45, 7) is 3.09. The van der Waals surface area contributed by atoms with Gasteiger partial charge in [-0.15, -0.1) is 0 Å². The fourth-order valence-corrected chi connectivity index (χ4v) is 5.34. The maximum absolute atomic E-state index is 13.9. The van der Waals surface area contributed by atoms with Crippen LogP contribution in [-0.2, 0) is 13.0 Å². The lowest BCUT2D eigenvalue weighted by molar-refractivity contribution is 0.0915. The second kappa shape index (κ2) is 9.36. The summed E-state index contributed by atoms with van der Waals surface area (Å²) >= 11 is 0. The second-order valence-corrected chi connectivity index (χ2v) is 9.49. The van der Waals surface area contributed by atoms with Crippen molar-refractivity contribution < 1.29 is 9.18 Å². The Labute approximate surface area is 193 Å². The summed E-state index contributed by atoms with van der Waals surface area (Å²) in [6.07, 6.45) is 6.44. The van der Waals surface area contributed by atoms with Crippen LogP contribution >= 0.6 is 0 Å². The van der Waals surface area contributed by atoms with Crippen molar-refractivity contribution in [2.45, 2.75) is 51.1 Å². The van der Waals surface area contributed by atoms with Crippen molar-refractivity contribution in [1.82, 2.24) is 15.2 Å². The number of rotatable bonds is 5. The van der Waals surface area contributed by atoms with E-state index in [0.717, 1.165) is 57.3 Å². The molecule has 1 aromatic heterocycles. The number of nitrogens with zero attached hydrogens (tertiary/aromatic N) is 2. The van der Waals surface area contributed by atoms with E-state index in [1.807, 2.05) is 12.1 Å². The van der Waals surface area contributed by atoms with Crippen LogP contribution in [0.15, 0.2) is 42.5 Å². The number of hydrogen-bond donors (Lipinski definition) is 2. The summed E-state index contributed by atoms with van der Waals surface area (Å²) in [6, 6.07) is 15.1. The van der Waals surface area contributed by atoms with Crippen LogP contribution in [0.2, 0.25) is 0 Å². The molecule has 0 saturated heterocycles. The van der Waals surface area contributed by atoms with E-state index in [-0.39, 0.29) is 17.8 Å². The van der Waals surface area contributed by atoms with E-state index in [1.54, 1.807) is 18.2 Å². The molecule has 0 unspecified atom stereocenters. The molecule has 33 heavy (non-hydrogen) atoms. The summed E-state index contributed by atoms with van der Waals surface area (Å²) in [4.78, 5) is 18.1. The van der Waals surface area contributed by atoms with Crippen LogP contribution in [0.3, 0.4) is 0 Å². The molecular weight excluding hydrogens is 415 g/mol. The zero-order valence-corrected chi connectivity index (χ0v) is 18.7. The third kappa shape index (κ3) is 4.79. The minimum absolute atomic E-state index is 0.155. The molecule has 2 aliphatic rings. The lowest BCUT2D eigenvalue weighted by Gasteiger charge is -2.33. The molecule has 5 nitrogen and oxygen atoms in total. The van der Waals surface area contributed by atoms with Gasteiger partial charge in [0.1, 0.15) is 11.5 Å². The number of carbonyl (C=O) groups excluding carboxylic acids is 1. The number of benzene rings is 2. The third-order valence-electron chi connectivity index (χ3n) is 7.31. The number of H-pyrrole nitrogens is 1. The molecular formula is C27H29FN4O. The van der Waals surface area contributed by atoms with Crippen LogP contribution in [0.5, 0.6) is 0 Å². The van der Waals surface area contributed by atoms with Gasteiger partial charge in [-0.2, -0.15) is 5.26 Å². The number of nitriles is 1. The van der Waals surface area contributed by atoms with Crippen LogP contribution < -0.4 is 5.32 Å². The minimum Gasteiger partial charge on any atom is -0.348 e. The molecule has 3 aromatic rings. The van der Waals surface area contributed by atoms with Gasteiger partial charge in [0.25, 0.3) is 5.91 Å². The number of aromatic amines is 1. The Morgan fingerprint density at radius 3 is 2.79 bits per heavy atom. The fraction of sp³-hybridized carbons (Fsp3) is 0.407. The molecule has 1 fully saturated rings. The van der Waals surface area contributed by atoms with Crippen LogP contribution in [0.25, 0.3) is 10.9 Å². The van der Waals surface area contributed by atoms with Crippen molar-refractivity contribution in [3.63, 3.8) is 0 Å². The van der Waals surface area contributed by atoms with E-state index >= 15 is 0 Å². The molecule has 170 valence electrons. The number of para-hydroxylation sites is 1. The first-order valence-electron chi connectivity index (χ1n) is 11.9. The van der Waals surface area contributed by atoms with E-state index < -0.39 is 0 Å². The molecule has 5 rings (SSSR count). The van der Waals surface area contributed by atoms with Crippen molar-refractivity contribution >= 4 is 16.8 Å². The minimum atomic E-state index is -0.338. The van der Waals surface area contributed by atoms with Crippen molar-refractivity contribution in [2.75, 3.05) is 13.1 Å². The summed E-state index contributed by atoms with van der Waals surface area (Å²) in [5, 5.41) is 13.0. The summed E-state index contributed by atoms with van der Waals surface area (Å²) in [5.41, 5.74) is 4.22. The van der Waals surface area contributed by atoms with Gasteiger partial charge in [-0.3, -0.25) is 9.69 Å². The molecule has 0 radical (unpaired) electrons. The highest BCUT2D eigenvalue weighted by molar-refractivity contribution is 5.98. The highest BCUT2D eigenvalue weighted by atomic mass is 19.1. The van der Waals surface area contributed by atoms with Crippen molar-refractivity contribution in [1.29, 1.82) is 5.26 Å². The highest BCUT2D eigenvalue weighted by Crippen LogP contribution is 2.29. The van der Waals surface area contributed by atoms with Gasteiger partial charge >= 0.3 is 0 Å². The number of halogens is 1. The van der Waals surface area contributed by atoms with Gasteiger partial charge in [0.05, 0.1) is 17.1 Å². The van der Waals surface area contributed by atoms with E-state index in [9.17, 15) is 9.18 Å². The summed E-state index contributed by atoms with van der Waals surface area (Å²) < 4.78 is 13.9. The maximum Gasteiger partial charge on any atom is 0.267 e. The normalized spacial score (nSPS) is 20.8. The monoisotopic (exact) mass is 444 g/mol. The number of nitrogens with one attached hydrogen (secondary N) is 2. The predicted octanol–water partition coefficient (Wildman–Crippen LogP) is 4.92. The van der Waals surface area contributed by atoms with E-state index in [2.05, 4.69) is 27.3 Å². The van der Waals surface area contributed by atoms with Crippen LogP contribution in [0, 0.1) is 23.1 Å². The molecule has 2 N–H and O–H groups in total. The van der Waals surface area contributed by atoms with E-state index in [0.29, 0.717) is 22.5 Å². The average molecular weight is 445 g/mol. The number of amides is 1. The molecule has 1 aliphatic heterocycles. The third-order valence-corrected chi connectivity index (χ3v) is 7.31. The highest BCUT2D eigenvalue weighted by Gasteiger charge is 2.25. The standard InChI is InChI=1S/C27H29FN4O/c28-24-3-1-2-21-15-25(31-26(21)24)27(33)30-23-8-5-18(6-9-23)10-12-32-13-11-20-7-4-19(16-29)14-22(20)17-32/h1-4,7,14-15,18,23,31H,5-6,8-13,17H2,(H,30,33). The summed E-state index contributed by atoms with van der Waals surface area (Å²) in [5.74, 6) is 0.194. The lowest BCUT2D eigenvalue weighted by Crippen LogP contribution is -2.38. The van der Waals surface area contributed by atoms with Crippen LogP contribution in [0.1, 0.15) is 59.3 Å². The zero-order valence-electron chi connectivity index (χ0n) is 18.7. The number of fused-ring (bicyclic) bond motifs is 2. The lowest BCUT2D eigenvalue weighted by atomic mass is 9.84. The number of hydrogen-bond acceptors (Lipinski definition) is 3. The molecule has 1 amide bonds. The molecule has 6 heteroatoms. The average Bonchev–Trinajstić information content (AvgIpc) is 3.29. The smallest absolute Gasteiger partial charge is 0.267 e. The largest absolute Gasteiger partial charge is 0.348 e. The predicted molar refractivity (Wildman–Crippen MR) is 126 cm³/mol.